The molecule has 2 saturated heterocycles. The number of amides is 1. The summed E-state index contributed by atoms with van der Waals surface area (Å²) in [7, 11) is -2.88. The van der Waals surface area contributed by atoms with Crippen molar-refractivity contribution in [3.8, 4) is 0 Å². The van der Waals surface area contributed by atoms with Crippen molar-refractivity contribution in [1.82, 2.24) is 9.80 Å². The number of nitrogens with zero attached hydrogens (tertiary/aromatic N) is 2. The number of halogens is 2. The van der Waals surface area contributed by atoms with Gasteiger partial charge in [-0.25, -0.2) is 8.42 Å². The summed E-state index contributed by atoms with van der Waals surface area (Å²) < 4.78 is 23.2. The predicted molar refractivity (Wildman–Crippen MR) is 95.4 cm³/mol. The molecule has 2 aliphatic rings. The molecule has 0 bridgehead atoms. The smallest absolute Gasteiger partial charge is 0.227 e. The summed E-state index contributed by atoms with van der Waals surface area (Å²) in [6.45, 7) is 2.64. The monoisotopic (exact) mass is 390 g/mol. The SMILES string of the molecule is O=C(Cc1c(Cl)cccc1Cl)N1CCN([C@H]2CCS(=O)(=O)C2)CC1. The molecule has 132 valence electrons. The second kappa shape index (κ2) is 7.20. The van der Waals surface area contributed by atoms with Gasteiger partial charge in [0.15, 0.2) is 9.84 Å². The van der Waals surface area contributed by atoms with Crippen LogP contribution in [-0.4, -0.2) is 67.9 Å². The fourth-order valence-corrected chi connectivity index (χ4v) is 5.66. The summed E-state index contributed by atoms with van der Waals surface area (Å²) in [6.07, 6.45) is 0.891. The molecule has 0 saturated carbocycles. The van der Waals surface area contributed by atoms with E-state index in [-0.39, 0.29) is 29.9 Å². The van der Waals surface area contributed by atoms with Crippen LogP contribution in [0.3, 0.4) is 0 Å². The second-order valence-electron chi connectivity index (χ2n) is 6.35. The lowest BCUT2D eigenvalue weighted by atomic mass is 10.1. The lowest BCUT2D eigenvalue weighted by molar-refractivity contribution is -0.132. The lowest BCUT2D eigenvalue weighted by Gasteiger charge is -2.37. The Morgan fingerprint density at radius 1 is 1.12 bits per heavy atom. The van der Waals surface area contributed by atoms with Crippen molar-refractivity contribution < 1.29 is 13.2 Å². The Morgan fingerprint density at radius 2 is 1.75 bits per heavy atom. The van der Waals surface area contributed by atoms with Crippen LogP contribution in [0, 0.1) is 0 Å². The van der Waals surface area contributed by atoms with E-state index in [4.69, 9.17) is 23.2 Å². The Kier molecular flexibility index (Phi) is 5.39. The van der Waals surface area contributed by atoms with E-state index >= 15 is 0 Å². The Morgan fingerprint density at radius 3 is 2.29 bits per heavy atom. The number of hydrogen-bond donors (Lipinski definition) is 0. The van der Waals surface area contributed by atoms with Crippen LogP contribution in [-0.2, 0) is 21.1 Å². The number of carbonyl (C=O) groups is 1. The maximum atomic E-state index is 12.5. The van der Waals surface area contributed by atoms with Gasteiger partial charge in [-0.15, -0.1) is 0 Å². The number of piperazine rings is 1. The van der Waals surface area contributed by atoms with Gasteiger partial charge in [-0.05, 0) is 24.1 Å². The highest BCUT2D eigenvalue weighted by molar-refractivity contribution is 7.91. The maximum absolute atomic E-state index is 12.5. The minimum Gasteiger partial charge on any atom is -0.340 e. The van der Waals surface area contributed by atoms with Crippen LogP contribution in [0.2, 0.25) is 10.0 Å². The predicted octanol–water partition coefficient (Wildman–Crippen LogP) is 1.87. The fourth-order valence-electron chi connectivity index (χ4n) is 3.36. The zero-order chi connectivity index (χ0) is 17.3. The van der Waals surface area contributed by atoms with Crippen LogP contribution in [0.15, 0.2) is 18.2 Å². The molecule has 2 heterocycles. The molecule has 1 amide bonds. The molecule has 5 nitrogen and oxygen atoms in total. The van der Waals surface area contributed by atoms with Crippen molar-refractivity contribution in [3.63, 3.8) is 0 Å². The third kappa shape index (κ3) is 4.04. The molecule has 24 heavy (non-hydrogen) atoms. The summed E-state index contributed by atoms with van der Waals surface area (Å²) in [4.78, 5) is 16.5. The molecule has 3 rings (SSSR count). The van der Waals surface area contributed by atoms with Crippen molar-refractivity contribution >= 4 is 38.9 Å². The van der Waals surface area contributed by atoms with E-state index in [0.29, 0.717) is 48.2 Å². The topological polar surface area (TPSA) is 57.7 Å². The van der Waals surface area contributed by atoms with Crippen LogP contribution in [0.4, 0.5) is 0 Å². The number of sulfone groups is 1. The van der Waals surface area contributed by atoms with E-state index in [1.54, 1.807) is 23.1 Å². The molecule has 0 spiro atoms. The van der Waals surface area contributed by atoms with Gasteiger partial charge in [-0.3, -0.25) is 9.69 Å². The summed E-state index contributed by atoms with van der Waals surface area (Å²) in [5.74, 6) is 0.529. The van der Waals surface area contributed by atoms with E-state index < -0.39 is 9.84 Å². The molecule has 2 aliphatic heterocycles. The van der Waals surface area contributed by atoms with Gasteiger partial charge < -0.3 is 4.90 Å². The van der Waals surface area contributed by atoms with Crippen molar-refractivity contribution in [2.45, 2.75) is 18.9 Å². The highest BCUT2D eigenvalue weighted by atomic mass is 35.5. The summed E-state index contributed by atoms with van der Waals surface area (Å²) >= 11 is 12.3. The molecule has 1 aromatic carbocycles. The van der Waals surface area contributed by atoms with E-state index in [0.717, 1.165) is 0 Å². The minimum absolute atomic E-state index is 0.00342. The van der Waals surface area contributed by atoms with Crippen LogP contribution < -0.4 is 0 Å². The van der Waals surface area contributed by atoms with Crippen LogP contribution in [0.5, 0.6) is 0 Å². The quantitative estimate of drug-likeness (QED) is 0.790. The summed E-state index contributed by atoms with van der Waals surface area (Å²) in [6, 6.07) is 5.32. The standard InChI is InChI=1S/C16H20Cl2N2O3S/c17-14-2-1-3-15(18)13(14)10-16(21)20-7-5-19(6-8-20)12-4-9-24(22,23)11-12/h1-3,12H,4-11H2/t12-/m0/s1. The first-order valence-corrected chi connectivity index (χ1v) is 10.6. The maximum Gasteiger partial charge on any atom is 0.227 e. The molecular formula is C16H20Cl2N2O3S. The van der Waals surface area contributed by atoms with Gasteiger partial charge in [-0.2, -0.15) is 0 Å². The Bertz CT molecular complexity index is 711. The average Bonchev–Trinajstić information content (AvgIpc) is 2.91. The largest absolute Gasteiger partial charge is 0.340 e. The number of hydrogen-bond acceptors (Lipinski definition) is 4. The van der Waals surface area contributed by atoms with E-state index in [2.05, 4.69) is 4.90 Å². The van der Waals surface area contributed by atoms with Crippen LogP contribution in [0.1, 0.15) is 12.0 Å². The van der Waals surface area contributed by atoms with Crippen molar-refractivity contribution in [3.05, 3.63) is 33.8 Å². The highest BCUT2D eigenvalue weighted by Gasteiger charge is 2.34. The van der Waals surface area contributed by atoms with Gasteiger partial charge in [0.1, 0.15) is 0 Å². The van der Waals surface area contributed by atoms with E-state index in [1.807, 2.05) is 0 Å². The molecule has 0 unspecified atom stereocenters. The first-order valence-electron chi connectivity index (χ1n) is 8.01. The number of rotatable bonds is 3. The zero-order valence-corrected chi connectivity index (χ0v) is 15.6. The van der Waals surface area contributed by atoms with E-state index in [9.17, 15) is 13.2 Å². The average molecular weight is 391 g/mol. The molecule has 1 aromatic rings. The Hall–Kier alpha value is -0.820. The molecule has 0 aromatic heterocycles. The third-order valence-electron chi connectivity index (χ3n) is 4.78. The molecule has 1 atom stereocenters. The normalized spacial score (nSPS) is 24.2. The molecule has 8 heteroatoms. The summed E-state index contributed by atoms with van der Waals surface area (Å²) in [5.41, 5.74) is 0.662. The Balaban J connectivity index is 1.56. The molecule has 2 fully saturated rings. The second-order valence-corrected chi connectivity index (χ2v) is 9.39. The van der Waals surface area contributed by atoms with Gasteiger partial charge in [0.2, 0.25) is 5.91 Å². The molecule has 0 radical (unpaired) electrons. The van der Waals surface area contributed by atoms with Gasteiger partial charge >= 0.3 is 0 Å². The minimum atomic E-state index is -2.88. The van der Waals surface area contributed by atoms with Crippen molar-refractivity contribution in [1.29, 1.82) is 0 Å². The third-order valence-corrected chi connectivity index (χ3v) is 7.24. The van der Waals surface area contributed by atoms with E-state index in [1.165, 1.54) is 0 Å². The number of carbonyl (C=O) groups excluding carboxylic acids is 1. The van der Waals surface area contributed by atoms with Crippen molar-refractivity contribution in [2.24, 2.45) is 0 Å². The summed E-state index contributed by atoms with van der Waals surface area (Å²) in [5, 5.41) is 1.01. The zero-order valence-electron chi connectivity index (χ0n) is 13.2. The Labute approximate surface area is 152 Å². The van der Waals surface area contributed by atoms with Gasteiger partial charge in [-0.1, -0.05) is 29.3 Å². The first kappa shape index (κ1) is 18.0. The lowest BCUT2D eigenvalue weighted by Crippen LogP contribution is -2.52. The molecule has 0 N–H and O–H groups in total. The highest BCUT2D eigenvalue weighted by Crippen LogP contribution is 2.25. The van der Waals surface area contributed by atoms with Gasteiger partial charge in [0.05, 0.1) is 17.9 Å². The van der Waals surface area contributed by atoms with Gasteiger partial charge in [0.25, 0.3) is 0 Å². The fraction of sp³-hybridized carbons (Fsp3) is 0.562. The molecular weight excluding hydrogens is 371 g/mol. The van der Waals surface area contributed by atoms with Crippen molar-refractivity contribution in [2.75, 3.05) is 37.7 Å². The van der Waals surface area contributed by atoms with Crippen LogP contribution >= 0.6 is 23.2 Å². The first-order chi connectivity index (χ1) is 11.4. The molecule has 0 aliphatic carbocycles. The van der Waals surface area contributed by atoms with Crippen LogP contribution in [0.25, 0.3) is 0 Å². The number of benzene rings is 1. The van der Waals surface area contributed by atoms with Gasteiger partial charge in [0, 0.05) is 42.3 Å².